The molecule has 0 unspecified atom stereocenters. The van der Waals surface area contributed by atoms with Crippen LogP contribution in [0.4, 0.5) is 17.6 Å². The van der Waals surface area contributed by atoms with E-state index in [0.29, 0.717) is 26.1 Å². The van der Waals surface area contributed by atoms with Crippen molar-refractivity contribution in [2.24, 2.45) is 0 Å². The van der Waals surface area contributed by atoms with Gasteiger partial charge >= 0.3 is 5.97 Å². The molecular formula is C12H20F4N2O2. The Balaban J connectivity index is 0.000000217. The molecule has 0 saturated carbocycles. The van der Waals surface area contributed by atoms with E-state index < -0.39 is 24.4 Å². The van der Waals surface area contributed by atoms with E-state index >= 15 is 0 Å². The molecule has 0 spiro atoms. The van der Waals surface area contributed by atoms with Crippen molar-refractivity contribution in [2.45, 2.75) is 44.5 Å². The lowest BCUT2D eigenvalue weighted by atomic mass is 10.1. The van der Waals surface area contributed by atoms with E-state index in [1.807, 2.05) is 0 Å². The van der Waals surface area contributed by atoms with Gasteiger partial charge in [-0.1, -0.05) is 0 Å². The summed E-state index contributed by atoms with van der Waals surface area (Å²) in [4.78, 5) is 15.0. The van der Waals surface area contributed by atoms with Crippen LogP contribution in [0.5, 0.6) is 0 Å². The van der Waals surface area contributed by atoms with Crippen LogP contribution in [0.3, 0.4) is 0 Å². The van der Waals surface area contributed by atoms with E-state index in [0.717, 1.165) is 5.06 Å². The second-order valence-corrected chi connectivity index (χ2v) is 5.01. The fraction of sp³-hybridized carbons (Fsp3) is 0.917. The standard InChI is InChI=1S/C7H11F2NO2.C5H9F2N/c1-6(11)12-10-4-2-3-7(8,9)5-10;6-5(7)1-3-8-4-2-5/h2-5H2,1H3;8H,1-4H2. The maximum absolute atomic E-state index is 12.7. The monoisotopic (exact) mass is 300 g/mol. The molecule has 2 fully saturated rings. The number of piperidine rings is 2. The Kier molecular flexibility index (Phi) is 6.19. The smallest absolute Gasteiger partial charge is 0.322 e. The molecule has 2 saturated heterocycles. The van der Waals surface area contributed by atoms with Gasteiger partial charge in [0.2, 0.25) is 0 Å². The molecule has 0 radical (unpaired) electrons. The fourth-order valence-corrected chi connectivity index (χ4v) is 1.98. The largest absolute Gasteiger partial charge is 0.368 e. The van der Waals surface area contributed by atoms with E-state index in [1.165, 1.54) is 6.92 Å². The summed E-state index contributed by atoms with van der Waals surface area (Å²) in [6, 6.07) is 0. The number of carbonyl (C=O) groups excluding carboxylic acids is 1. The lowest BCUT2D eigenvalue weighted by Crippen LogP contribution is -2.43. The number of halogens is 4. The summed E-state index contributed by atoms with van der Waals surface area (Å²) in [5.41, 5.74) is 0. The first-order chi connectivity index (χ1) is 9.20. The quantitative estimate of drug-likeness (QED) is 0.754. The lowest BCUT2D eigenvalue weighted by Gasteiger charge is -2.30. The van der Waals surface area contributed by atoms with Crippen molar-refractivity contribution >= 4 is 5.97 Å². The second-order valence-electron chi connectivity index (χ2n) is 5.01. The Hall–Kier alpha value is -0.890. The molecule has 2 rings (SSSR count). The maximum Gasteiger partial charge on any atom is 0.322 e. The summed E-state index contributed by atoms with van der Waals surface area (Å²) >= 11 is 0. The highest BCUT2D eigenvalue weighted by atomic mass is 19.3. The molecule has 2 heterocycles. The van der Waals surface area contributed by atoms with Crippen molar-refractivity contribution in [3.8, 4) is 0 Å². The van der Waals surface area contributed by atoms with E-state index in [1.54, 1.807) is 0 Å². The summed E-state index contributed by atoms with van der Waals surface area (Å²) < 4.78 is 49.7. The Labute approximate surface area is 115 Å². The fourth-order valence-electron chi connectivity index (χ4n) is 1.98. The minimum absolute atomic E-state index is 0.00694. The van der Waals surface area contributed by atoms with Gasteiger partial charge in [0.15, 0.2) is 0 Å². The average molecular weight is 300 g/mol. The number of nitrogens with zero attached hydrogens (tertiary/aromatic N) is 1. The van der Waals surface area contributed by atoms with Crippen molar-refractivity contribution in [3.05, 3.63) is 0 Å². The predicted molar refractivity (Wildman–Crippen MR) is 64.6 cm³/mol. The van der Waals surface area contributed by atoms with Crippen LogP contribution in [-0.4, -0.2) is 49.1 Å². The Bertz CT molecular complexity index is 319. The van der Waals surface area contributed by atoms with Gasteiger partial charge in [-0.15, -0.1) is 5.06 Å². The van der Waals surface area contributed by atoms with Gasteiger partial charge in [0.1, 0.15) is 0 Å². The SMILES string of the molecule is CC(=O)ON1CCCC(F)(F)C1.FC1(F)CCNCC1. The van der Waals surface area contributed by atoms with Crippen molar-refractivity contribution in [1.29, 1.82) is 0 Å². The van der Waals surface area contributed by atoms with Crippen LogP contribution in [-0.2, 0) is 9.63 Å². The van der Waals surface area contributed by atoms with Crippen LogP contribution in [0.2, 0.25) is 0 Å². The van der Waals surface area contributed by atoms with Gasteiger partial charge in [0.05, 0.1) is 6.54 Å². The zero-order valence-electron chi connectivity index (χ0n) is 11.4. The third-order valence-electron chi connectivity index (χ3n) is 2.95. The molecular weight excluding hydrogens is 280 g/mol. The number of hydroxylamine groups is 2. The van der Waals surface area contributed by atoms with Gasteiger partial charge in [0.25, 0.3) is 11.8 Å². The summed E-state index contributed by atoms with van der Waals surface area (Å²) in [5, 5.41) is 3.88. The van der Waals surface area contributed by atoms with Gasteiger partial charge in [-0.25, -0.2) is 17.6 Å². The minimum atomic E-state index is -2.71. The number of alkyl halides is 4. The van der Waals surface area contributed by atoms with Crippen molar-refractivity contribution < 1.29 is 27.2 Å². The topological polar surface area (TPSA) is 41.6 Å². The van der Waals surface area contributed by atoms with Gasteiger partial charge in [-0.3, -0.25) is 4.79 Å². The van der Waals surface area contributed by atoms with Gasteiger partial charge in [-0.2, -0.15) is 0 Å². The third-order valence-corrected chi connectivity index (χ3v) is 2.95. The molecule has 20 heavy (non-hydrogen) atoms. The first-order valence-electron chi connectivity index (χ1n) is 6.60. The number of nitrogens with one attached hydrogen (secondary N) is 1. The highest BCUT2D eigenvalue weighted by molar-refractivity contribution is 5.65. The van der Waals surface area contributed by atoms with Gasteiger partial charge in [-0.05, 0) is 6.42 Å². The van der Waals surface area contributed by atoms with Gasteiger partial charge < -0.3 is 10.2 Å². The molecule has 1 N–H and O–H groups in total. The molecule has 0 bridgehead atoms. The Morgan fingerprint density at radius 1 is 1.10 bits per heavy atom. The summed E-state index contributed by atoms with van der Waals surface area (Å²) in [5.74, 6) is -5.65. The van der Waals surface area contributed by atoms with Crippen molar-refractivity contribution in [3.63, 3.8) is 0 Å². The van der Waals surface area contributed by atoms with Crippen LogP contribution in [0.15, 0.2) is 0 Å². The minimum Gasteiger partial charge on any atom is -0.368 e. The molecule has 2 aliphatic heterocycles. The average Bonchev–Trinajstić information content (AvgIpc) is 2.26. The zero-order chi connectivity index (χ0) is 15.2. The van der Waals surface area contributed by atoms with Crippen LogP contribution in [0, 0.1) is 0 Å². The van der Waals surface area contributed by atoms with Crippen LogP contribution in [0.25, 0.3) is 0 Å². The molecule has 0 aliphatic carbocycles. The molecule has 2 aliphatic rings. The molecule has 0 amide bonds. The summed E-state index contributed by atoms with van der Waals surface area (Å²) in [6.45, 7) is 2.05. The normalized spacial score (nSPS) is 25.2. The van der Waals surface area contributed by atoms with E-state index in [-0.39, 0.29) is 19.3 Å². The van der Waals surface area contributed by atoms with E-state index in [4.69, 9.17) is 0 Å². The van der Waals surface area contributed by atoms with Crippen LogP contribution < -0.4 is 5.32 Å². The van der Waals surface area contributed by atoms with Crippen LogP contribution >= 0.6 is 0 Å². The number of rotatable bonds is 1. The Morgan fingerprint density at radius 3 is 2.10 bits per heavy atom. The first kappa shape index (κ1) is 17.2. The molecule has 0 aromatic rings. The summed E-state index contributed by atoms with van der Waals surface area (Å²) in [7, 11) is 0. The molecule has 4 nitrogen and oxygen atoms in total. The number of carbonyl (C=O) groups is 1. The lowest BCUT2D eigenvalue weighted by molar-refractivity contribution is -0.217. The molecule has 118 valence electrons. The molecule has 0 atom stereocenters. The third kappa shape index (κ3) is 7.04. The molecule has 8 heteroatoms. The number of hydrogen-bond acceptors (Lipinski definition) is 4. The van der Waals surface area contributed by atoms with E-state index in [9.17, 15) is 22.4 Å². The Morgan fingerprint density at radius 2 is 1.70 bits per heavy atom. The molecule has 0 aromatic heterocycles. The number of hydrogen-bond donors (Lipinski definition) is 1. The first-order valence-corrected chi connectivity index (χ1v) is 6.60. The van der Waals surface area contributed by atoms with Crippen molar-refractivity contribution in [2.75, 3.05) is 26.2 Å². The van der Waals surface area contributed by atoms with Gasteiger partial charge in [0, 0.05) is 45.8 Å². The van der Waals surface area contributed by atoms with Crippen molar-refractivity contribution in [1.82, 2.24) is 10.4 Å². The molecule has 0 aromatic carbocycles. The highest BCUT2D eigenvalue weighted by Gasteiger charge is 2.36. The maximum atomic E-state index is 12.7. The van der Waals surface area contributed by atoms with E-state index in [2.05, 4.69) is 10.2 Å². The zero-order valence-corrected chi connectivity index (χ0v) is 11.4. The second kappa shape index (κ2) is 7.21. The predicted octanol–water partition coefficient (Wildman–Crippen LogP) is 2.20. The van der Waals surface area contributed by atoms with Crippen LogP contribution in [0.1, 0.15) is 32.6 Å². The summed E-state index contributed by atoms with van der Waals surface area (Å²) in [6.07, 6.45) is 0.255. The highest BCUT2D eigenvalue weighted by Crippen LogP contribution is 2.26.